The van der Waals surface area contributed by atoms with Crippen LogP contribution in [0.5, 0.6) is 0 Å². The van der Waals surface area contributed by atoms with Crippen LogP contribution in [-0.2, 0) is 15.1 Å². The first-order chi connectivity index (χ1) is 9.43. The predicted octanol–water partition coefficient (Wildman–Crippen LogP) is 7.35. The number of hydrogen-bond donors (Lipinski definition) is 1. The van der Waals surface area contributed by atoms with Gasteiger partial charge in [-0.25, -0.2) is 0 Å². The third-order valence-electron chi connectivity index (χ3n) is 1.90. The molecule has 0 saturated heterocycles. The quantitative estimate of drug-likeness (QED) is 0.186. The van der Waals surface area contributed by atoms with Crippen molar-refractivity contribution in [2.75, 3.05) is 5.73 Å². The normalized spacial score (nSPS) is 9.00. The molecule has 0 spiro atoms. The van der Waals surface area contributed by atoms with Crippen LogP contribution in [0.1, 0.15) is 0 Å². The summed E-state index contributed by atoms with van der Waals surface area (Å²) in [7, 11) is 4.20. The van der Waals surface area contributed by atoms with Gasteiger partial charge in [0.1, 0.15) is 0 Å². The van der Waals surface area contributed by atoms with E-state index in [1.165, 1.54) is 0 Å². The maximum absolute atomic E-state index is 5.78. The van der Waals surface area contributed by atoms with Crippen molar-refractivity contribution >= 4 is 91.1 Å². The molecule has 2 aromatic carbocycles. The topological polar surface area (TPSA) is 26.0 Å². The molecule has 1 nitrogen and oxygen atoms in total. The Labute approximate surface area is 169 Å². The van der Waals surface area contributed by atoms with Gasteiger partial charge < -0.3 is 5.73 Å². The van der Waals surface area contributed by atoms with Crippen LogP contribution in [0.2, 0.25) is 5.02 Å². The summed E-state index contributed by atoms with van der Waals surface area (Å²) in [6, 6.07) is 11.4. The molecule has 114 valence electrons. The molecule has 0 aliphatic rings. The number of hydrogen-bond acceptors (Lipinski definition) is 1. The molecule has 0 unspecified atom stereocenters. The molecule has 0 amide bonds. The molecule has 0 bridgehead atoms. The van der Waals surface area contributed by atoms with E-state index >= 15 is 0 Å². The third-order valence-corrected chi connectivity index (χ3v) is 5.47. The van der Waals surface area contributed by atoms with Crippen LogP contribution in [0.25, 0.3) is 0 Å². The van der Waals surface area contributed by atoms with E-state index < -0.39 is 0 Å². The van der Waals surface area contributed by atoms with Crippen molar-refractivity contribution in [3.63, 3.8) is 0 Å². The Balaban J connectivity index is 0.000000321. The average Bonchev–Trinajstić information content (AvgIpc) is 2.45. The van der Waals surface area contributed by atoms with Crippen LogP contribution >= 0.6 is 85.4 Å². The van der Waals surface area contributed by atoms with E-state index in [1.807, 2.05) is 36.4 Å². The van der Waals surface area contributed by atoms with Gasteiger partial charge in [-0.15, -0.1) is 0 Å². The van der Waals surface area contributed by atoms with Crippen molar-refractivity contribution in [1.82, 2.24) is 0 Å². The maximum atomic E-state index is 5.78. The van der Waals surface area contributed by atoms with E-state index in [0.29, 0.717) is 0 Å². The summed E-state index contributed by atoms with van der Waals surface area (Å²) < 4.78 is 3.69. The fraction of sp³-hybridized carbons (Fsp3) is 0. The molecular formula is C12H8Br4Cl2CuN. The summed E-state index contributed by atoms with van der Waals surface area (Å²) in [5, 5.41) is 0.720. The average molecular weight is 620 g/mol. The summed E-state index contributed by atoms with van der Waals surface area (Å²) in [5.74, 6) is 0. The summed E-state index contributed by atoms with van der Waals surface area (Å²) in [6.45, 7) is 0. The monoisotopic (exact) mass is 615 g/mol. The van der Waals surface area contributed by atoms with Gasteiger partial charge >= 0.3 is 25.2 Å². The zero-order valence-corrected chi connectivity index (χ0v) is 18.4. The van der Waals surface area contributed by atoms with Gasteiger partial charge in [0.15, 0.2) is 0 Å². The Morgan fingerprint density at radius 2 is 1.05 bits per heavy atom. The first-order valence-electron chi connectivity index (χ1n) is 4.84. The van der Waals surface area contributed by atoms with Gasteiger partial charge in [-0.3, -0.25) is 0 Å². The molecule has 0 saturated carbocycles. The van der Waals surface area contributed by atoms with E-state index in [1.54, 1.807) is 0 Å². The van der Waals surface area contributed by atoms with Gasteiger partial charge in [0.2, 0.25) is 0 Å². The first kappa shape index (κ1) is 21.3. The second kappa shape index (κ2) is 11.8. The van der Waals surface area contributed by atoms with Gasteiger partial charge in [0.25, 0.3) is 0 Å². The minimum absolute atomic E-state index is 0.720. The SMILES string of the molecule is Clc1c(Br)cccc1Br.Nc1c(Br)cccc1Br.[Cl][Cu]. The van der Waals surface area contributed by atoms with Gasteiger partial charge in [0.05, 0.1) is 10.7 Å². The number of halogens is 6. The molecule has 0 aliphatic carbocycles. The summed E-state index contributed by atoms with van der Waals surface area (Å²) in [4.78, 5) is 0. The van der Waals surface area contributed by atoms with Crippen LogP contribution < -0.4 is 5.73 Å². The van der Waals surface area contributed by atoms with E-state index in [-0.39, 0.29) is 0 Å². The number of anilines is 1. The summed E-state index contributed by atoms with van der Waals surface area (Å²) >= 11 is 22.6. The molecule has 2 aromatic rings. The van der Waals surface area contributed by atoms with Crippen LogP contribution in [0.4, 0.5) is 5.69 Å². The van der Waals surface area contributed by atoms with Crippen molar-refractivity contribution < 1.29 is 15.1 Å². The molecule has 20 heavy (non-hydrogen) atoms. The predicted molar refractivity (Wildman–Crippen MR) is 99.0 cm³/mol. The molecule has 8 heteroatoms. The van der Waals surface area contributed by atoms with Crippen LogP contribution in [-0.4, -0.2) is 0 Å². The van der Waals surface area contributed by atoms with Crippen LogP contribution in [0, 0.1) is 0 Å². The van der Waals surface area contributed by atoms with Gasteiger partial charge in [-0.05, 0) is 88.0 Å². The van der Waals surface area contributed by atoms with Gasteiger partial charge in [-0.1, -0.05) is 23.7 Å². The van der Waals surface area contributed by atoms with Crippen molar-refractivity contribution in [2.45, 2.75) is 0 Å². The molecular weight excluding hydrogens is 612 g/mol. The second-order valence-corrected chi connectivity index (χ2v) is 6.97. The Morgan fingerprint density at radius 1 is 0.750 bits per heavy atom. The Kier molecular flexibility index (Phi) is 12.5. The van der Waals surface area contributed by atoms with Crippen molar-refractivity contribution in [3.8, 4) is 0 Å². The zero-order chi connectivity index (χ0) is 15.7. The fourth-order valence-corrected chi connectivity index (χ4v) is 3.11. The number of nitrogen functional groups attached to an aromatic ring is 1. The molecule has 2 N–H and O–H groups in total. The Bertz CT molecular complexity index is 465. The third kappa shape index (κ3) is 7.50. The second-order valence-electron chi connectivity index (χ2n) is 3.17. The van der Waals surface area contributed by atoms with Crippen molar-refractivity contribution in [2.24, 2.45) is 0 Å². The Hall–Kier alpha value is 1.26. The standard InChI is InChI=1S/C6H3Br2Cl.C6H5Br2N.ClH.Cu/c2*7-4-2-1-3-5(8)6(4)9;;/h1-3H;1-3H,9H2;1H;/q;;;+1/p-1. The number of rotatable bonds is 0. The fourth-order valence-electron chi connectivity index (χ4n) is 0.988. The molecule has 2 rings (SSSR count). The molecule has 0 aromatic heterocycles. The molecule has 0 heterocycles. The van der Waals surface area contributed by atoms with Gasteiger partial charge in [-0.2, -0.15) is 0 Å². The van der Waals surface area contributed by atoms with E-state index in [9.17, 15) is 0 Å². The first-order valence-corrected chi connectivity index (χ1v) is 9.68. The van der Waals surface area contributed by atoms with Gasteiger partial charge in [0, 0.05) is 17.9 Å². The molecule has 0 atom stereocenters. The molecule has 0 aliphatic heterocycles. The summed E-state index contributed by atoms with van der Waals surface area (Å²) in [5.41, 5.74) is 6.34. The molecule has 0 fully saturated rings. The van der Waals surface area contributed by atoms with Crippen molar-refractivity contribution in [3.05, 3.63) is 59.3 Å². The number of benzene rings is 2. The zero-order valence-electron chi connectivity index (χ0n) is 9.61. The Morgan fingerprint density at radius 3 is 1.30 bits per heavy atom. The van der Waals surface area contributed by atoms with Crippen molar-refractivity contribution in [1.29, 1.82) is 0 Å². The van der Waals surface area contributed by atoms with E-state index in [2.05, 4.69) is 88.9 Å². The van der Waals surface area contributed by atoms with Crippen LogP contribution in [0.15, 0.2) is 54.3 Å². The number of para-hydroxylation sites is 1. The van der Waals surface area contributed by atoms with Crippen LogP contribution in [0.3, 0.4) is 0 Å². The minimum atomic E-state index is 0.720. The summed E-state index contributed by atoms with van der Waals surface area (Å²) in [6.07, 6.45) is 0. The number of nitrogens with two attached hydrogens (primary N) is 1. The van der Waals surface area contributed by atoms with E-state index in [4.69, 9.17) is 17.3 Å². The molecule has 0 radical (unpaired) electrons. The van der Waals surface area contributed by atoms with E-state index in [0.717, 1.165) is 28.6 Å².